The van der Waals surface area contributed by atoms with Crippen molar-refractivity contribution in [1.29, 1.82) is 0 Å². The van der Waals surface area contributed by atoms with E-state index in [0.29, 0.717) is 47.7 Å². The van der Waals surface area contributed by atoms with E-state index < -0.39 is 5.97 Å². The lowest BCUT2D eigenvalue weighted by atomic mass is 9.44. The summed E-state index contributed by atoms with van der Waals surface area (Å²) in [6, 6.07) is 0. The maximum atomic E-state index is 12.1. The maximum Gasteiger partial charge on any atom is 0.303 e. The Balaban J connectivity index is 1.56. The van der Waals surface area contributed by atoms with E-state index in [4.69, 9.17) is 5.11 Å². The van der Waals surface area contributed by atoms with Gasteiger partial charge in [-0.2, -0.15) is 0 Å². The molecule has 158 valence electrons. The van der Waals surface area contributed by atoms with Gasteiger partial charge < -0.3 is 10.2 Å². The number of Topliss-reactive ketones (excluding diaryl/α,β-unsaturated/α-hetero) is 1. The zero-order chi connectivity index (χ0) is 20.3. The van der Waals surface area contributed by atoms with Gasteiger partial charge in [-0.1, -0.05) is 20.8 Å². The molecule has 0 spiro atoms. The van der Waals surface area contributed by atoms with Gasteiger partial charge in [0.1, 0.15) is 5.78 Å². The Labute approximate surface area is 169 Å². The van der Waals surface area contributed by atoms with Crippen LogP contribution in [0, 0.1) is 46.3 Å². The lowest BCUT2D eigenvalue weighted by Gasteiger charge is -2.62. The fraction of sp³-hybridized carbons (Fsp3) is 0.917. The highest BCUT2D eigenvalue weighted by Crippen LogP contribution is 2.68. The Bertz CT molecular complexity index is 645. The van der Waals surface area contributed by atoms with E-state index in [1.807, 2.05) is 0 Å². The molecular weight excluding hydrogens is 352 g/mol. The van der Waals surface area contributed by atoms with Gasteiger partial charge in [-0.15, -0.1) is 0 Å². The van der Waals surface area contributed by atoms with Crippen LogP contribution in [0.15, 0.2) is 0 Å². The van der Waals surface area contributed by atoms with E-state index in [9.17, 15) is 14.7 Å². The van der Waals surface area contributed by atoms with Crippen molar-refractivity contribution in [2.24, 2.45) is 46.3 Å². The second-order valence-electron chi connectivity index (χ2n) is 11.2. The Morgan fingerprint density at radius 1 is 1.14 bits per heavy atom. The molecule has 4 nitrogen and oxygen atoms in total. The molecule has 0 radical (unpaired) electrons. The second kappa shape index (κ2) is 7.11. The third-order valence-electron chi connectivity index (χ3n) is 10.1. The normalized spacial score (nSPS) is 49.1. The number of hydrogen-bond acceptors (Lipinski definition) is 3. The number of aliphatic hydroxyl groups excluding tert-OH is 1. The molecule has 0 aromatic carbocycles. The summed E-state index contributed by atoms with van der Waals surface area (Å²) in [5, 5.41) is 20.3. The molecule has 0 saturated heterocycles. The number of carbonyl (C=O) groups excluding carboxylic acids is 1. The zero-order valence-corrected chi connectivity index (χ0v) is 17.8. The van der Waals surface area contributed by atoms with E-state index in [1.54, 1.807) is 0 Å². The highest BCUT2D eigenvalue weighted by Gasteiger charge is 2.62. The number of carbonyl (C=O) groups is 2. The van der Waals surface area contributed by atoms with Crippen molar-refractivity contribution >= 4 is 11.8 Å². The van der Waals surface area contributed by atoms with Crippen LogP contribution in [-0.4, -0.2) is 28.1 Å². The highest BCUT2D eigenvalue weighted by atomic mass is 16.4. The van der Waals surface area contributed by atoms with Gasteiger partial charge in [-0.25, -0.2) is 0 Å². The second-order valence-corrected chi connectivity index (χ2v) is 11.2. The van der Waals surface area contributed by atoms with Gasteiger partial charge in [0.2, 0.25) is 0 Å². The molecule has 1 unspecified atom stereocenters. The van der Waals surface area contributed by atoms with E-state index >= 15 is 0 Å². The van der Waals surface area contributed by atoms with Crippen LogP contribution in [0.25, 0.3) is 0 Å². The molecule has 0 aromatic heterocycles. The van der Waals surface area contributed by atoms with E-state index in [-0.39, 0.29) is 23.4 Å². The molecule has 0 amide bonds. The third-order valence-corrected chi connectivity index (χ3v) is 10.1. The number of fused-ring (bicyclic) bond motifs is 5. The minimum Gasteiger partial charge on any atom is -0.481 e. The molecule has 0 bridgehead atoms. The molecule has 0 aromatic rings. The summed E-state index contributed by atoms with van der Waals surface area (Å²) in [7, 11) is 0. The molecule has 2 N–H and O–H groups in total. The van der Waals surface area contributed by atoms with E-state index in [2.05, 4.69) is 20.8 Å². The van der Waals surface area contributed by atoms with Gasteiger partial charge in [0.25, 0.3) is 0 Å². The van der Waals surface area contributed by atoms with Crippen molar-refractivity contribution in [2.75, 3.05) is 0 Å². The van der Waals surface area contributed by atoms with Gasteiger partial charge in [-0.3, -0.25) is 9.59 Å². The van der Waals surface area contributed by atoms with Crippen LogP contribution >= 0.6 is 0 Å². The van der Waals surface area contributed by atoms with Gasteiger partial charge >= 0.3 is 5.97 Å². The summed E-state index contributed by atoms with van der Waals surface area (Å²) in [6.45, 7) is 7.10. The van der Waals surface area contributed by atoms with Crippen LogP contribution in [-0.2, 0) is 9.59 Å². The van der Waals surface area contributed by atoms with Crippen molar-refractivity contribution in [1.82, 2.24) is 0 Å². The number of aliphatic carboxylic acids is 1. The Morgan fingerprint density at radius 3 is 2.57 bits per heavy atom. The molecule has 0 heterocycles. The molecule has 4 aliphatic carbocycles. The number of ketones is 1. The monoisotopic (exact) mass is 390 g/mol. The Morgan fingerprint density at radius 2 is 1.86 bits per heavy atom. The molecule has 28 heavy (non-hydrogen) atoms. The van der Waals surface area contributed by atoms with Crippen molar-refractivity contribution in [3.8, 4) is 0 Å². The van der Waals surface area contributed by atoms with Gasteiger partial charge in [0.15, 0.2) is 0 Å². The first-order chi connectivity index (χ1) is 13.2. The maximum absolute atomic E-state index is 12.1. The van der Waals surface area contributed by atoms with E-state index in [0.717, 1.165) is 32.1 Å². The zero-order valence-electron chi connectivity index (χ0n) is 17.8. The molecule has 4 aliphatic rings. The van der Waals surface area contributed by atoms with E-state index in [1.165, 1.54) is 19.3 Å². The fourth-order valence-corrected chi connectivity index (χ4v) is 8.54. The first-order valence-electron chi connectivity index (χ1n) is 11.6. The topological polar surface area (TPSA) is 74.6 Å². The average molecular weight is 391 g/mol. The van der Waals surface area contributed by atoms with Crippen molar-refractivity contribution in [2.45, 2.75) is 91.1 Å². The summed E-state index contributed by atoms with van der Waals surface area (Å²) in [6.07, 6.45) is 8.68. The molecular formula is C24H38O4. The highest BCUT2D eigenvalue weighted by molar-refractivity contribution is 5.79. The first kappa shape index (κ1) is 20.4. The number of rotatable bonds is 4. The summed E-state index contributed by atoms with van der Waals surface area (Å²) in [5.41, 5.74) is 0.444. The fourth-order valence-electron chi connectivity index (χ4n) is 8.54. The summed E-state index contributed by atoms with van der Waals surface area (Å²) in [5.74, 6) is 2.52. The average Bonchev–Trinajstić information content (AvgIpc) is 2.98. The first-order valence-corrected chi connectivity index (χ1v) is 11.6. The number of aliphatic hydroxyl groups is 1. The largest absolute Gasteiger partial charge is 0.481 e. The van der Waals surface area contributed by atoms with Gasteiger partial charge in [0, 0.05) is 19.3 Å². The quantitative estimate of drug-likeness (QED) is 0.730. The molecule has 9 atom stereocenters. The minimum atomic E-state index is -0.691. The smallest absolute Gasteiger partial charge is 0.303 e. The SMILES string of the molecule is C[C@H](CCC(=O)O)C1CC[C@H]2[C@@H]3[C@@H](O)C[C@H]4CC(=O)CC[C@]4(C)[C@H]3CC[C@]12C. The minimum absolute atomic E-state index is 0.214. The van der Waals surface area contributed by atoms with Gasteiger partial charge in [-0.05, 0) is 91.3 Å². The third kappa shape index (κ3) is 3.05. The van der Waals surface area contributed by atoms with Crippen molar-refractivity contribution < 1.29 is 19.8 Å². The molecule has 4 rings (SSSR count). The Hall–Kier alpha value is -0.900. The lowest BCUT2D eigenvalue weighted by molar-refractivity contribution is -0.169. The van der Waals surface area contributed by atoms with Crippen LogP contribution in [0.4, 0.5) is 0 Å². The predicted octanol–water partition coefficient (Wildman–Crippen LogP) is 4.69. The summed E-state index contributed by atoms with van der Waals surface area (Å²) < 4.78 is 0. The molecule has 4 heteroatoms. The Kier molecular flexibility index (Phi) is 5.17. The van der Waals surface area contributed by atoms with Crippen LogP contribution in [0.3, 0.4) is 0 Å². The summed E-state index contributed by atoms with van der Waals surface area (Å²) >= 11 is 0. The number of hydrogen-bond donors (Lipinski definition) is 2. The lowest BCUT2D eigenvalue weighted by Crippen LogP contribution is -2.58. The van der Waals surface area contributed by atoms with Crippen molar-refractivity contribution in [3.63, 3.8) is 0 Å². The van der Waals surface area contributed by atoms with Crippen LogP contribution in [0.5, 0.6) is 0 Å². The molecule has 4 fully saturated rings. The number of carboxylic acids is 1. The molecule has 0 aliphatic heterocycles. The number of carboxylic acid groups (broad SMARTS) is 1. The molecule has 4 saturated carbocycles. The van der Waals surface area contributed by atoms with Crippen LogP contribution in [0.2, 0.25) is 0 Å². The predicted molar refractivity (Wildman–Crippen MR) is 108 cm³/mol. The van der Waals surface area contributed by atoms with Crippen molar-refractivity contribution in [3.05, 3.63) is 0 Å². The summed E-state index contributed by atoms with van der Waals surface area (Å²) in [4.78, 5) is 23.1. The van der Waals surface area contributed by atoms with Crippen LogP contribution in [0.1, 0.15) is 85.0 Å². The van der Waals surface area contributed by atoms with Gasteiger partial charge in [0.05, 0.1) is 6.10 Å². The standard InChI is InChI=1S/C24H38O4/c1-14(4-7-21(27)28)17-5-6-18-22-19(9-11-24(17,18)3)23(2)10-8-16(25)12-15(23)13-20(22)26/h14-15,17-20,22,26H,4-13H2,1-3H3,(H,27,28)/t14-,15-,17?,18+,19+,20+,22+,23+,24-/m1/s1. The van der Waals surface area contributed by atoms with Crippen LogP contribution < -0.4 is 0 Å².